The lowest BCUT2D eigenvalue weighted by Crippen LogP contribution is -2.17. The molecule has 0 saturated carbocycles. The first-order valence-electron chi connectivity index (χ1n) is 6.46. The van der Waals surface area contributed by atoms with E-state index in [1.165, 1.54) is 6.33 Å². The van der Waals surface area contributed by atoms with Gasteiger partial charge < -0.3 is 5.11 Å². The lowest BCUT2D eigenvalue weighted by Gasteiger charge is -2.13. The van der Waals surface area contributed by atoms with E-state index < -0.39 is 11.9 Å². The van der Waals surface area contributed by atoms with E-state index in [-0.39, 0.29) is 0 Å². The highest BCUT2D eigenvalue weighted by molar-refractivity contribution is 6.30. The van der Waals surface area contributed by atoms with E-state index in [2.05, 4.69) is 10.1 Å². The Kier molecular flexibility index (Phi) is 4.74. The summed E-state index contributed by atoms with van der Waals surface area (Å²) in [4.78, 5) is 15.7. The van der Waals surface area contributed by atoms with Crippen molar-refractivity contribution in [2.45, 2.75) is 32.2 Å². The van der Waals surface area contributed by atoms with Gasteiger partial charge in [-0.3, -0.25) is 9.48 Å². The number of rotatable bonds is 6. The van der Waals surface area contributed by atoms with Crippen LogP contribution in [0.3, 0.4) is 0 Å². The van der Waals surface area contributed by atoms with Gasteiger partial charge in [0.15, 0.2) is 0 Å². The summed E-state index contributed by atoms with van der Waals surface area (Å²) in [6, 6.07) is 6.87. The fourth-order valence-electron chi connectivity index (χ4n) is 2.07. The summed E-state index contributed by atoms with van der Waals surface area (Å²) < 4.78 is 1.76. The standard InChI is InChI=1S/C14H16ClN3O2/c1-2-7-18-13(16-9-17-18)8-12(14(19)20)10-3-5-11(15)6-4-10/h3-6,9,12H,2,7-8H2,1H3,(H,19,20). The quantitative estimate of drug-likeness (QED) is 0.889. The van der Waals surface area contributed by atoms with Gasteiger partial charge in [-0.15, -0.1) is 0 Å². The normalized spacial score (nSPS) is 12.3. The number of aromatic nitrogens is 3. The first-order chi connectivity index (χ1) is 9.61. The van der Waals surface area contributed by atoms with Crippen LogP contribution in [0.4, 0.5) is 0 Å². The van der Waals surface area contributed by atoms with Crippen molar-refractivity contribution in [1.29, 1.82) is 0 Å². The molecule has 20 heavy (non-hydrogen) atoms. The van der Waals surface area contributed by atoms with E-state index in [4.69, 9.17) is 11.6 Å². The van der Waals surface area contributed by atoms with Crippen molar-refractivity contribution in [3.05, 3.63) is 47.0 Å². The van der Waals surface area contributed by atoms with E-state index in [0.29, 0.717) is 22.8 Å². The van der Waals surface area contributed by atoms with Crippen LogP contribution in [-0.2, 0) is 17.8 Å². The average molecular weight is 294 g/mol. The first kappa shape index (κ1) is 14.5. The Hall–Kier alpha value is -1.88. The number of aliphatic carboxylic acids is 1. The second kappa shape index (κ2) is 6.52. The van der Waals surface area contributed by atoms with Gasteiger partial charge in [0, 0.05) is 18.0 Å². The number of nitrogens with zero attached hydrogens (tertiary/aromatic N) is 3. The minimum Gasteiger partial charge on any atom is -0.481 e. The van der Waals surface area contributed by atoms with Crippen LogP contribution >= 0.6 is 11.6 Å². The van der Waals surface area contributed by atoms with Gasteiger partial charge in [0.05, 0.1) is 5.92 Å². The van der Waals surface area contributed by atoms with Gasteiger partial charge in [-0.05, 0) is 24.1 Å². The minimum absolute atomic E-state index is 0.316. The molecule has 0 radical (unpaired) electrons. The molecule has 1 atom stereocenters. The third-order valence-corrected chi connectivity index (χ3v) is 3.34. The third-order valence-electron chi connectivity index (χ3n) is 3.09. The summed E-state index contributed by atoms with van der Waals surface area (Å²) in [5, 5.41) is 14.1. The van der Waals surface area contributed by atoms with Gasteiger partial charge in [0.25, 0.3) is 0 Å². The van der Waals surface area contributed by atoms with Crippen LogP contribution in [0, 0.1) is 0 Å². The van der Waals surface area contributed by atoms with E-state index in [1.54, 1.807) is 28.9 Å². The summed E-state index contributed by atoms with van der Waals surface area (Å²) in [5.41, 5.74) is 0.716. The number of hydrogen-bond donors (Lipinski definition) is 1. The topological polar surface area (TPSA) is 68.0 Å². The molecule has 1 aromatic heterocycles. The average Bonchev–Trinajstić information content (AvgIpc) is 2.85. The van der Waals surface area contributed by atoms with Crippen molar-refractivity contribution >= 4 is 17.6 Å². The van der Waals surface area contributed by atoms with Gasteiger partial charge in [-0.25, -0.2) is 4.98 Å². The Morgan fingerprint density at radius 2 is 2.10 bits per heavy atom. The van der Waals surface area contributed by atoms with Crippen LogP contribution in [0.1, 0.15) is 30.7 Å². The number of carbonyl (C=O) groups is 1. The highest BCUT2D eigenvalue weighted by atomic mass is 35.5. The van der Waals surface area contributed by atoms with Crippen molar-refractivity contribution in [2.75, 3.05) is 0 Å². The molecule has 1 unspecified atom stereocenters. The Labute approximate surface area is 122 Å². The molecule has 0 bridgehead atoms. The van der Waals surface area contributed by atoms with E-state index in [1.807, 2.05) is 6.92 Å². The SMILES string of the molecule is CCCn1ncnc1CC(C(=O)O)c1ccc(Cl)cc1. The van der Waals surface area contributed by atoms with Crippen LogP contribution in [-0.4, -0.2) is 25.8 Å². The molecular weight excluding hydrogens is 278 g/mol. The van der Waals surface area contributed by atoms with Crippen molar-refractivity contribution in [2.24, 2.45) is 0 Å². The first-order valence-corrected chi connectivity index (χ1v) is 6.84. The highest BCUT2D eigenvalue weighted by Gasteiger charge is 2.22. The number of carboxylic acids is 1. The number of halogens is 1. The van der Waals surface area contributed by atoms with Gasteiger partial charge in [0.1, 0.15) is 12.2 Å². The lowest BCUT2D eigenvalue weighted by molar-refractivity contribution is -0.138. The van der Waals surface area contributed by atoms with Gasteiger partial charge in [-0.1, -0.05) is 30.7 Å². The monoisotopic (exact) mass is 293 g/mol. The Morgan fingerprint density at radius 3 is 2.70 bits per heavy atom. The van der Waals surface area contributed by atoms with E-state index >= 15 is 0 Å². The molecule has 0 amide bonds. The Morgan fingerprint density at radius 1 is 1.40 bits per heavy atom. The number of hydrogen-bond acceptors (Lipinski definition) is 3. The molecule has 6 heteroatoms. The molecule has 0 saturated heterocycles. The molecule has 1 aromatic carbocycles. The molecule has 0 aliphatic heterocycles. The molecule has 1 heterocycles. The smallest absolute Gasteiger partial charge is 0.311 e. The van der Waals surface area contributed by atoms with Gasteiger partial charge >= 0.3 is 5.97 Å². The molecule has 0 aliphatic rings. The van der Waals surface area contributed by atoms with Crippen molar-refractivity contribution in [3.8, 4) is 0 Å². The lowest BCUT2D eigenvalue weighted by atomic mass is 9.95. The second-order valence-corrected chi connectivity index (χ2v) is 4.98. The second-order valence-electron chi connectivity index (χ2n) is 4.55. The van der Waals surface area contributed by atoms with Crippen LogP contribution in [0.2, 0.25) is 5.02 Å². The predicted octanol–water partition coefficient (Wildman–Crippen LogP) is 2.75. The molecule has 1 N–H and O–H groups in total. The summed E-state index contributed by atoms with van der Waals surface area (Å²) in [6.07, 6.45) is 2.71. The maximum atomic E-state index is 11.5. The molecule has 5 nitrogen and oxygen atoms in total. The maximum Gasteiger partial charge on any atom is 0.311 e. The minimum atomic E-state index is -0.877. The molecule has 2 aromatic rings. The zero-order chi connectivity index (χ0) is 14.5. The van der Waals surface area contributed by atoms with Crippen LogP contribution in [0.5, 0.6) is 0 Å². The zero-order valence-electron chi connectivity index (χ0n) is 11.2. The highest BCUT2D eigenvalue weighted by Crippen LogP contribution is 2.22. The van der Waals surface area contributed by atoms with Crippen LogP contribution in [0.15, 0.2) is 30.6 Å². The summed E-state index contributed by atoms with van der Waals surface area (Å²) in [7, 11) is 0. The Balaban J connectivity index is 2.23. The summed E-state index contributed by atoms with van der Waals surface area (Å²) >= 11 is 5.83. The molecule has 0 fully saturated rings. The Bertz CT molecular complexity index is 580. The van der Waals surface area contributed by atoms with E-state index in [0.717, 1.165) is 13.0 Å². The number of aryl methyl sites for hydroxylation is 1. The van der Waals surface area contributed by atoms with Crippen molar-refractivity contribution in [1.82, 2.24) is 14.8 Å². The summed E-state index contributed by atoms with van der Waals surface area (Å²) in [6.45, 7) is 2.78. The van der Waals surface area contributed by atoms with Crippen LogP contribution in [0.25, 0.3) is 0 Å². The molecule has 0 spiro atoms. The third kappa shape index (κ3) is 3.36. The zero-order valence-corrected chi connectivity index (χ0v) is 11.9. The van der Waals surface area contributed by atoms with Crippen molar-refractivity contribution in [3.63, 3.8) is 0 Å². The number of benzene rings is 1. The molecule has 2 rings (SSSR count). The predicted molar refractivity (Wildman–Crippen MR) is 75.8 cm³/mol. The summed E-state index contributed by atoms with van der Waals surface area (Å²) in [5.74, 6) is -0.834. The van der Waals surface area contributed by atoms with Gasteiger partial charge in [-0.2, -0.15) is 5.10 Å². The largest absolute Gasteiger partial charge is 0.481 e. The van der Waals surface area contributed by atoms with Gasteiger partial charge in [0.2, 0.25) is 0 Å². The number of carboxylic acid groups (broad SMARTS) is 1. The van der Waals surface area contributed by atoms with Crippen LogP contribution < -0.4 is 0 Å². The maximum absolute atomic E-state index is 11.5. The molecule has 106 valence electrons. The fraction of sp³-hybridized carbons (Fsp3) is 0.357. The fourth-order valence-corrected chi connectivity index (χ4v) is 2.20. The van der Waals surface area contributed by atoms with E-state index in [9.17, 15) is 9.90 Å². The van der Waals surface area contributed by atoms with Crippen molar-refractivity contribution < 1.29 is 9.90 Å². The molecular formula is C14H16ClN3O2. The molecule has 0 aliphatic carbocycles.